The number of hydrogen-bond donors (Lipinski definition) is 1. The second-order valence-corrected chi connectivity index (χ2v) is 8.25. The molecule has 0 radical (unpaired) electrons. The van der Waals surface area contributed by atoms with Gasteiger partial charge in [-0.15, -0.1) is 35.3 Å². The maximum Gasteiger partial charge on any atom is 0.193 e. The van der Waals surface area contributed by atoms with Crippen molar-refractivity contribution in [3.05, 3.63) is 46.7 Å². The summed E-state index contributed by atoms with van der Waals surface area (Å²) in [7, 11) is 3.87. The van der Waals surface area contributed by atoms with Gasteiger partial charge in [0.2, 0.25) is 0 Å². The summed E-state index contributed by atoms with van der Waals surface area (Å²) < 4.78 is 5.53. The third kappa shape index (κ3) is 6.77. The van der Waals surface area contributed by atoms with Gasteiger partial charge in [-0.3, -0.25) is 4.99 Å². The number of likely N-dealkylation sites (N-methyl/N-ethyl adjacent to an activating group) is 1. The molecule has 5 nitrogen and oxygen atoms in total. The Kier molecular flexibility index (Phi) is 10.1. The molecule has 2 aromatic rings. The first kappa shape index (κ1) is 23.8. The van der Waals surface area contributed by atoms with E-state index in [1.54, 1.807) is 7.11 Å². The summed E-state index contributed by atoms with van der Waals surface area (Å²) in [5.41, 5.74) is 1.19. The lowest BCUT2D eigenvalue weighted by Gasteiger charge is -2.23. The van der Waals surface area contributed by atoms with E-state index in [-0.39, 0.29) is 24.0 Å². The highest BCUT2D eigenvalue weighted by Gasteiger charge is 2.24. The average molecular weight is 529 g/mol. The monoisotopic (exact) mass is 528 g/mol. The fraction of sp³-hybridized carbons (Fsp3) is 0.500. The molecule has 0 saturated carbocycles. The number of nitrogens with zero attached hydrogens (tertiary/aromatic N) is 3. The van der Waals surface area contributed by atoms with Crippen molar-refractivity contribution in [2.75, 3.05) is 51.8 Å². The number of nitrogens with one attached hydrogen (secondary N) is 1. The predicted octanol–water partition coefficient (Wildman–Crippen LogP) is 4.34. The molecule has 1 atom stereocenters. The standard InChI is InChI=1S/C22H32N4OS.HI/c1-4-23-22(25(2)13-12-19-8-7-15-28-19)24-16-18-11-14-26(17-18)20-9-5-6-10-21(20)27-3;/h5-10,15,18H,4,11-14,16-17H2,1-3H3,(H,23,24);1H. The zero-order chi connectivity index (χ0) is 19.8. The molecule has 1 saturated heterocycles. The van der Waals surface area contributed by atoms with Crippen molar-refractivity contribution in [2.45, 2.75) is 19.8 Å². The van der Waals surface area contributed by atoms with Crippen LogP contribution in [0.1, 0.15) is 18.2 Å². The van der Waals surface area contributed by atoms with Crippen LogP contribution in [0.5, 0.6) is 5.75 Å². The van der Waals surface area contributed by atoms with Gasteiger partial charge in [0.15, 0.2) is 5.96 Å². The number of halogens is 1. The Labute approximate surface area is 196 Å². The van der Waals surface area contributed by atoms with Gasteiger partial charge in [0.05, 0.1) is 12.8 Å². The summed E-state index contributed by atoms with van der Waals surface area (Å²) in [6.45, 7) is 6.94. The first-order chi connectivity index (χ1) is 13.7. The van der Waals surface area contributed by atoms with Gasteiger partial charge in [0.25, 0.3) is 0 Å². The first-order valence-corrected chi connectivity index (χ1v) is 11.0. The highest BCUT2D eigenvalue weighted by molar-refractivity contribution is 14.0. The number of rotatable bonds is 8. The van der Waals surface area contributed by atoms with E-state index < -0.39 is 0 Å². The molecule has 1 aliphatic heterocycles. The Hall–Kier alpha value is -1.48. The topological polar surface area (TPSA) is 40.1 Å². The molecule has 29 heavy (non-hydrogen) atoms. The molecule has 0 spiro atoms. The molecule has 1 aromatic carbocycles. The molecule has 1 unspecified atom stereocenters. The van der Waals surface area contributed by atoms with Crippen LogP contribution in [0.25, 0.3) is 0 Å². The number of hydrogen-bond acceptors (Lipinski definition) is 4. The van der Waals surface area contributed by atoms with E-state index in [1.807, 2.05) is 23.5 Å². The minimum Gasteiger partial charge on any atom is -0.495 e. The normalized spacial score (nSPS) is 16.4. The van der Waals surface area contributed by atoms with Gasteiger partial charge in [-0.25, -0.2) is 0 Å². The van der Waals surface area contributed by atoms with Gasteiger partial charge in [-0.1, -0.05) is 18.2 Å². The minimum absolute atomic E-state index is 0. The second-order valence-electron chi connectivity index (χ2n) is 7.22. The van der Waals surface area contributed by atoms with E-state index in [2.05, 4.69) is 58.7 Å². The van der Waals surface area contributed by atoms with E-state index in [0.717, 1.165) is 50.9 Å². The summed E-state index contributed by atoms with van der Waals surface area (Å²) in [5, 5.41) is 5.58. The molecule has 160 valence electrons. The van der Waals surface area contributed by atoms with Crippen molar-refractivity contribution in [1.82, 2.24) is 10.2 Å². The van der Waals surface area contributed by atoms with Crippen LogP contribution in [-0.4, -0.2) is 57.7 Å². The fourth-order valence-electron chi connectivity index (χ4n) is 3.62. The van der Waals surface area contributed by atoms with Crippen LogP contribution in [0.15, 0.2) is 46.8 Å². The quantitative estimate of drug-likeness (QED) is 0.315. The largest absolute Gasteiger partial charge is 0.495 e. The van der Waals surface area contributed by atoms with E-state index in [9.17, 15) is 0 Å². The van der Waals surface area contributed by atoms with E-state index in [0.29, 0.717) is 5.92 Å². The molecule has 1 N–H and O–H groups in total. The molecular formula is C22H33IN4OS. The van der Waals surface area contributed by atoms with Gasteiger partial charge < -0.3 is 19.9 Å². The Morgan fingerprint density at radius 2 is 2.14 bits per heavy atom. The van der Waals surface area contributed by atoms with E-state index >= 15 is 0 Å². The van der Waals surface area contributed by atoms with Crippen molar-refractivity contribution in [2.24, 2.45) is 10.9 Å². The first-order valence-electron chi connectivity index (χ1n) is 10.1. The molecule has 0 aliphatic carbocycles. The van der Waals surface area contributed by atoms with Gasteiger partial charge in [-0.05, 0) is 49.3 Å². The number of anilines is 1. The van der Waals surface area contributed by atoms with E-state index in [1.165, 1.54) is 17.0 Å². The van der Waals surface area contributed by atoms with Crippen molar-refractivity contribution in [1.29, 1.82) is 0 Å². The van der Waals surface area contributed by atoms with Gasteiger partial charge in [-0.2, -0.15) is 0 Å². The van der Waals surface area contributed by atoms with Gasteiger partial charge in [0, 0.05) is 44.6 Å². The molecule has 3 rings (SSSR count). The molecule has 0 amide bonds. The lowest BCUT2D eigenvalue weighted by atomic mass is 10.1. The number of methoxy groups -OCH3 is 1. The maximum absolute atomic E-state index is 5.53. The number of benzene rings is 1. The summed E-state index contributed by atoms with van der Waals surface area (Å²) >= 11 is 1.82. The number of thiophene rings is 1. The molecule has 7 heteroatoms. The van der Waals surface area contributed by atoms with Crippen molar-refractivity contribution in [3.63, 3.8) is 0 Å². The summed E-state index contributed by atoms with van der Waals surface area (Å²) in [4.78, 5) is 11.0. The van der Waals surface area contributed by atoms with Gasteiger partial charge >= 0.3 is 0 Å². The minimum atomic E-state index is 0. The maximum atomic E-state index is 5.53. The third-order valence-corrected chi connectivity index (χ3v) is 6.12. The molecule has 1 aromatic heterocycles. The summed E-state index contributed by atoms with van der Waals surface area (Å²) in [5.74, 6) is 2.53. The number of guanidine groups is 1. The van der Waals surface area contributed by atoms with Crippen LogP contribution >= 0.6 is 35.3 Å². The van der Waals surface area contributed by atoms with Crippen molar-refractivity contribution in [3.8, 4) is 5.75 Å². The number of aliphatic imine (C=N–C) groups is 1. The molecular weight excluding hydrogens is 495 g/mol. The molecule has 2 heterocycles. The fourth-order valence-corrected chi connectivity index (χ4v) is 4.31. The SMILES string of the molecule is CCNC(=NCC1CCN(c2ccccc2OC)C1)N(C)CCc1cccs1.I. The van der Waals surface area contributed by atoms with E-state index in [4.69, 9.17) is 9.73 Å². The van der Waals surface area contributed by atoms with Crippen LogP contribution in [-0.2, 0) is 6.42 Å². The van der Waals surface area contributed by atoms with Crippen LogP contribution in [0, 0.1) is 5.92 Å². The Balaban J connectivity index is 0.00000300. The molecule has 0 bridgehead atoms. The predicted molar refractivity (Wildman–Crippen MR) is 135 cm³/mol. The lowest BCUT2D eigenvalue weighted by molar-refractivity contribution is 0.414. The number of para-hydroxylation sites is 2. The number of ether oxygens (including phenoxy) is 1. The summed E-state index contributed by atoms with van der Waals surface area (Å²) in [6.07, 6.45) is 2.23. The van der Waals surface area contributed by atoms with Crippen LogP contribution < -0.4 is 15.0 Å². The zero-order valence-electron chi connectivity index (χ0n) is 17.6. The van der Waals surface area contributed by atoms with Gasteiger partial charge in [0.1, 0.15) is 5.75 Å². The van der Waals surface area contributed by atoms with Crippen molar-refractivity contribution < 1.29 is 4.74 Å². The second kappa shape index (κ2) is 12.3. The summed E-state index contributed by atoms with van der Waals surface area (Å²) in [6, 6.07) is 12.6. The van der Waals surface area contributed by atoms with Crippen LogP contribution in [0.2, 0.25) is 0 Å². The Morgan fingerprint density at radius 3 is 2.86 bits per heavy atom. The smallest absolute Gasteiger partial charge is 0.193 e. The average Bonchev–Trinajstić information content (AvgIpc) is 3.41. The zero-order valence-corrected chi connectivity index (χ0v) is 20.8. The highest BCUT2D eigenvalue weighted by Crippen LogP contribution is 2.32. The third-order valence-electron chi connectivity index (χ3n) is 5.18. The Morgan fingerprint density at radius 1 is 1.31 bits per heavy atom. The van der Waals surface area contributed by atoms with Crippen LogP contribution in [0.3, 0.4) is 0 Å². The Bertz CT molecular complexity index is 753. The molecule has 1 fully saturated rings. The van der Waals surface area contributed by atoms with Crippen molar-refractivity contribution >= 4 is 47.0 Å². The molecule has 1 aliphatic rings. The lowest BCUT2D eigenvalue weighted by Crippen LogP contribution is -2.40. The van der Waals surface area contributed by atoms with Crippen LogP contribution in [0.4, 0.5) is 5.69 Å². The highest BCUT2D eigenvalue weighted by atomic mass is 127.